The Bertz CT molecular complexity index is 290. The molecule has 0 fully saturated rings. The van der Waals surface area contributed by atoms with Crippen molar-refractivity contribution in [3.8, 4) is 11.5 Å². The number of halogens is 1. The van der Waals surface area contributed by atoms with E-state index in [1.807, 2.05) is 18.2 Å². The Balaban J connectivity index is 2.86. The molecular weight excluding hydrogens is 212 g/mol. The molecule has 0 amide bonds. The van der Waals surface area contributed by atoms with Crippen LogP contribution in [0.3, 0.4) is 0 Å². The topological polar surface area (TPSA) is 18.5 Å². The summed E-state index contributed by atoms with van der Waals surface area (Å²) in [7, 11) is 3.31. The lowest BCUT2D eigenvalue weighted by atomic mass is 10.0. The predicted molar refractivity (Wildman–Crippen MR) is 63.1 cm³/mol. The van der Waals surface area contributed by atoms with E-state index in [-0.39, 0.29) is 0 Å². The molecule has 1 rings (SSSR count). The summed E-state index contributed by atoms with van der Waals surface area (Å²) in [6, 6.07) is 5.91. The Morgan fingerprint density at radius 1 is 1.13 bits per heavy atom. The van der Waals surface area contributed by atoms with E-state index in [2.05, 4.69) is 6.92 Å². The molecule has 0 aliphatic rings. The Kier molecular flexibility index (Phi) is 4.76. The molecule has 0 spiro atoms. The molecule has 0 aliphatic heterocycles. The maximum absolute atomic E-state index is 5.79. The quantitative estimate of drug-likeness (QED) is 0.721. The van der Waals surface area contributed by atoms with E-state index < -0.39 is 0 Å². The highest BCUT2D eigenvalue weighted by molar-refractivity contribution is 6.18. The van der Waals surface area contributed by atoms with Crippen LogP contribution in [0.15, 0.2) is 18.2 Å². The van der Waals surface area contributed by atoms with Crippen molar-refractivity contribution >= 4 is 11.6 Å². The van der Waals surface area contributed by atoms with Crippen molar-refractivity contribution in [2.24, 2.45) is 5.92 Å². The van der Waals surface area contributed by atoms with Crippen LogP contribution in [0.25, 0.3) is 0 Å². The molecule has 0 aliphatic carbocycles. The van der Waals surface area contributed by atoms with Gasteiger partial charge in [-0.05, 0) is 30.0 Å². The maximum Gasteiger partial charge on any atom is 0.122 e. The predicted octanol–water partition coefficient (Wildman–Crippen LogP) is 3.12. The summed E-state index contributed by atoms with van der Waals surface area (Å²) in [5, 5.41) is 0. The van der Waals surface area contributed by atoms with Gasteiger partial charge >= 0.3 is 0 Å². The monoisotopic (exact) mass is 228 g/mol. The molecule has 0 N–H and O–H groups in total. The van der Waals surface area contributed by atoms with Gasteiger partial charge in [0.05, 0.1) is 14.2 Å². The summed E-state index contributed by atoms with van der Waals surface area (Å²) in [4.78, 5) is 0. The molecule has 1 atom stereocenters. The van der Waals surface area contributed by atoms with E-state index in [4.69, 9.17) is 21.1 Å². The van der Waals surface area contributed by atoms with Crippen LogP contribution in [0.2, 0.25) is 0 Å². The second kappa shape index (κ2) is 5.86. The highest BCUT2D eigenvalue weighted by Crippen LogP contribution is 2.24. The van der Waals surface area contributed by atoms with Crippen LogP contribution >= 0.6 is 11.6 Å². The minimum atomic E-state index is 0.462. The third-order valence-corrected chi connectivity index (χ3v) is 2.79. The first-order valence-corrected chi connectivity index (χ1v) is 5.51. The molecule has 0 bridgehead atoms. The molecule has 2 nitrogen and oxygen atoms in total. The van der Waals surface area contributed by atoms with Crippen molar-refractivity contribution in [2.75, 3.05) is 20.1 Å². The molecule has 0 saturated carbocycles. The van der Waals surface area contributed by atoms with Crippen LogP contribution in [-0.2, 0) is 6.42 Å². The number of rotatable bonds is 5. The Morgan fingerprint density at radius 3 is 2.07 bits per heavy atom. The summed E-state index contributed by atoms with van der Waals surface area (Å²) in [5.74, 6) is 2.78. The molecule has 0 heterocycles. The minimum Gasteiger partial charge on any atom is -0.497 e. The summed E-state index contributed by atoms with van der Waals surface area (Å²) in [6.07, 6.45) is 0.942. The van der Waals surface area contributed by atoms with Crippen molar-refractivity contribution in [3.63, 3.8) is 0 Å². The molecular formula is C12H17ClO2. The smallest absolute Gasteiger partial charge is 0.122 e. The first-order chi connectivity index (χ1) is 7.19. The SMILES string of the molecule is COc1cc(CC(C)CCl)cc(OC)c1. The van der Waals surface area contributed by atoms with Gasteiger partial charge in [-0.1, -0.05) is 6.92 Å². The van der Waals surface area contributed by atoms with E-state index in [0.29, 0.717) is 11.8 Å². The average Bonchev–Trinajstić information content (AvgIpc) is 2.28. The third-order valence-electron chi connectivity index (χ3n) is 2.26. The number of benzene rings is 1. The van der Waals surface area contributed by atoms with Gasteiger partial charge in [0.2, 0.25) is 0 Å². The van der Waals surface area contributed by atoms with Crippen molar-refractivity contribution in [1.82, 2.24) is 0 Å². The van der Waals surface area contributed by atoms with Crippen LogP contribution in [0, 0.1) is 5.92 Å². The summed E-state index contributed by atoms with van der Waals surface area (Å²) >= 11 is 5.79. The van der Waals surface area contributed by atoms with Gasteiger partial charge in [0.15, 0.2) is 0 Å². The summed E-state index contributed by atoms with van der Waals surface area (Å²) in [6.45, 7) is 2.12. The highest BCUT2D eigenvalue weighted by atomic mass is 35.5. The normalized spacial score (nSPS) is 12.3. The number of ether oxygens (including phenoxy) is 2. The maximum atomic E-state index is 5.79. The van der Waals surface area contributed by atoms with Gasteiger partial charge in [0, 0.05) is 11.9 Å². The Hall–Kier alpha value is -0.890. The summed E-state index contributed by atoms with van der Waals surface area (Å²) in [5.41, 5.74) is 1.19. The number of methoxy groups -OCH3 is 2. The van der Waals surface area contributed by atoms with E-state index in [1.165, 1.54) is 5.56 Å². The highest BCUT2D eigenvalue weighted by Gasteiger charge is 2.06. The second-order valence-electron chi connectivity index (χ2n) is 3.68. The first kappa shape index (κ1) is 12.2. The van der Waals surface area contributed by atoms with Crippen LogP contribution in [0.5, 0.6) is 11.5 Å². The van der Waals surface area contributed by atoms with Gasteiger partial charge in [-0.3, -0.25) is 0 Å². The van der Waals surface area contributed by atoms with Crippen molar-refractivity contribution in [3.05, 3.63) is 23.8 Å². The van der Waals surface area contributed by atoms with Crippen LogP contribution in [-0.4, -0.2) is 20.1 Å². The van der Waals surface area contributed by atoms with Gasteiger partial charge in [-0.2, -0.15) is 0 Å². The molecule has 0 aromatic heterocycles. The first-order valence-electron chi connectivity index (χ1n) is 4.97. The lowest BCUT2D eigenvalue weighted by Crippen LogP contribution is -2.01. The molecule has 15 heavy (non-hydrogen) atoms. The summed E-state index contributed by atoms with van der Waals surface area (Å²) < 4.78 is 10.4. The van der Waals surface area contributed by atoms with Crippen molar-refractivity contribution in [1.29, 1.82) is 0 Å². The number of hydrogen-bond acceptors (Lipinski definition) is 2. The van der Waals surface area contributed by atoms with E-state index >= 15 is 0 Å². The van der Waals surface area contributed by atoms with Crippen molar-refractivity contribution < 1.29 is 9.47 Å². The fourth-order valence-corrected chi connectivity index (χ4v) is 1.55. The largest absolute Gasteiger partial charge is 0.497 e. The van der Waals surface area contributed by atoms with Gasteiger partial charge < -0.3 is 9.47 Å². The fraction of sp³-hybridized carbons (Fsp3) is 0.500. The molecule has 84 valence electrons. The minimum absolute atomic E-state index is 0.462. The van der Waals surface area contributed by atoms with Crippen LogP contribution in [0.4, 0.5) is 0 Å². The standard InChI is InChI=1S/C12H17ClO2/c1-9(8-13)4-10-5-11(14-2)7-12(6-10)15-3/h5-7,9H,4,8H2,1-3H3. The molecule has 0 radical (unpaired) electrons. The van der Waals surface area contributed by atoms with E-state index in [1.54, 1.807) is 14.2 Å². The zero-order valence-corrected chi connectivity index (χ0v) is 10.2. The fourth-order valence-electron chi connectivity index (χ4n) is 1.44. The zero-order chi connectivity index (χ0) is 11.3. The Labute approximate surface area is 96.2 Å². The second-order valence-corrected chi connectivity index (χ2v) is 3.99. The van der Waals surface area contributed by atoms with Gasteiger partial charge in [-0.25, -0.2) is 0 Å². The van der Waals surface area contributed by atoms with Gasteiger partial charge in [0.1, 0.15) is 11.5 Å². The van der Waals surface area contributed by atoms with E-state index in [9.17, 15) is 0 Å². The molecule has 0 saturated heterocycles. The van der Waals surface area contributed by atoms with Crippen LogP contribution < -0.4 is 9.47 Å². The molecule has 1 aromatic rings. The third kappa shape index (κ3) is 3.63. The molecule has 1 aromatic carbocycles. The number of alkyl halides is 1. The van der Waals surface area contributed by atoms with Crippen LogP contribution in [0.1, 0.15) is 12.5 Å². The zero-order valence-electron chi connectivity index (χ0n) is 9.42. The molecule has 1 unspecified atom stereocenters. The van der Waals surface area contributed by atoms with Gasteiger partial charge in [0.25, 0.3) is 0 Å². The molecule has 3 heteroatoms. The van der Waals surface area contributed by atoms with E-state index in [0.717, 1.165) is 17.9 Å². The lowest BCUT2D eigenvalue weighted by Gasteiger charge is -2.11. The number of hydrogen-bond donors (Lipinski definition) is 0. The lowest BCUT2D eigenvalue weighted by molar-refractivity contribution is 0.393. The van der Waals surface area contributed by atoms with Gasteiger partial charge in [-0.15, -0.1) is 11.6 Å². The Morgan fingerprint density at radius 2 is 1.67 bits per heavy atom. The average molecular weight is 229 g/mol. The van der Waals surface area contributed by atoms with Crippen molar-refractivity contribution in [2.45, 2.75) is 13.3 Å².